The molecule has 1 aromatic rings. The van der Waals surface area contributed by atoms with Crippen molar-refractivity contribution in [1.82, 2.24) is 10.2 Å². The molecule has 2 N–H and O–H groups in total. The SMILES string of the molecule is COc1ccc(/C=C(/C)CNCC(C)(O)CN2CCOCC2)cc1. The summed E-state index contributed by atoms with van der Waals surface area (Å²) in [4.78, 5) is 2.26. The summed E-state index contributed by atoms with van der Waals surface area (Å²) in [5, 5.41) is 13.9. The summed E-state index contributed by atoms with van der Waals surface area (Å²) in [6.07, 6.45) is 2.14. The van der Waals surface area contributed by atoms with Crippen LogP contribution in [-0.2, 0) is 4.74 Å². The summed E-state index contributed by atoms with van der Waals surface area (Å²) in [5.41, 5.74) is 1.63. The fourth-order valence-corrected chi connectivity index (χ4v) is 2.86. The van der Waals surface area contributed by atoms with Gasteiger partial charge < -0.3 is 19.9 Å². The smallest absolute Gasteiger partial charge is 0.118 e. The summed E-state index contributed by atoms with van der Waals surface area (Å²) in [5.74, 6) is 0.863. The first-order chi connectivity index (χ1) is 11.5. The predicted octanol–water partition coefficient (Wildman–Crippen LogP) is 1.77. The Bertz CT molecular complexity index is 520. The van der Waals surface area contributed by atoms with Gasteiger partial charge in [0, 0.05) is 32.7 Å². The van der Waals surface area contributed by atoms with E-state index in [1.165, 1.54) is 5.57 Å². The molecule has 1 aromatic carbocycles. The molecule has 0 radical (unpaired) electrons. The van der Waals surface area contributed by atoms with Crippen molar-refractivity contribution >= 4 is 6.08 Å². The lowest BCUT2D eigenvalue weighted by Gasteiger charge is -2.34. The number of β-amino-alcohol motifs (C(OH)–C–C–N with tert-alkyl or cyclic N) is 1. The number of benzene rings is 1. The molecule has 1 unspecified atom stereocenters. The molecule has 5 nitrogen and oxygen atoms in total. The molecule has 1 atom stereocenters. The molecule has 0 aliphatic carbocycles. The van der Waals surface area contributed by atoms with Crippen molar-refractivity contribution in [3.05, 3.63) is 35.4 Å². The lowest BCUT2D eigenvalue weighted by atomic mass is 10.1. The maximum absolute atomic E-state index is 10.5. The molecule has 1 fully saturated rings. The Hall–Kier alpha value is -1.40. The Kier molecular flexibility index (Phi) is 7.24. The summed E-state index contributed by atoms with van der Waals surface area (Å²) >= 11 is 0. The van der Waals surface area contributed by atoms with Crippen molar-refractivity contribution in [3.63, 3.8) is 0 Å². The summed E-state index contributed by atoms with van der Waals surface area (Å²) in [6.45, 7) is 9.28. The monoisotopic (exact) mass is 334 g/mol. The molecule has 134 valence electrons. The highest BCUT2D eigenvalue weighted by molar-refractivity contribution is 5.53. The van der Waals surface area contributed by atoms with Crippen LogP contribution in [0.1, 0.15) is 19.4 Å². The first-order valence-electron chi connectivity index (χ1n) is 8.53. The maximum Gasteiger partial charge on any atom is 0.118 e. The molecular weight excluding hydrogens is 304 g/mol. The lowest BCUT2D eigenvalue weighted by molar-refractivity contribution is -0.0214. The molecule has 0 spiro atoms. The van der Waals surface area contributed by atoms with E-state index in [9.17, 15) is 5.11 Å². The van der Waals surface area contributed by atoms with Gasteiger partial charge in [0.1, 0.15) is 5.75 Å². The van der Waals surface area contributed by atoms with Gasteiger partial charge in [-0.05, 0) is 31.5 Å². The molecule has 2 rings (SSSR count). The van der Waals surface area contributed by atoms with E-state index in [1.807, 2.05) is 31.2 Å². The van der Waals surface area contributed by atoms with Crippen LogP contribution in [0, 0.1) is 0 Å². The van der Waals surface area contributed by atoms with Gasteiger partial charge in [-0.3, -0.25) is 4.90 Å². The number of hydrogen-bond donors (Lipinski definition) is 2. The summed E-state index contributed by atoms with van der Waals surface area (Å²) < 4.78 is 10.5. The first kappa shape index (κ1) is 18.9. The molecule has 0 saturated carbocycles. The Morgan fingerprint density at radius 2 is 2.00 bits per heavy atom. The number of nitrogens with zero attached hydrogens (tertiary/aromatic N) is 1. The van der Waals surface area contributed by atoms with Gasteiger partial charge in [-0.1, -0.05) is 23.8 Å². The molecule has 24 heavy (non-hydrogen) atoms. The average Bonchev–Trinajstić information content (AvgIpc) is 2.56. The van der Waals surface area contributed by atoms with Gasteiger partial charge in [-0.25, -0.2) is 0 Å². The van der Waals surface area contributed by atoms with Gasteiger partial charge in [0.05, 0.1) is 25.9 Å². The Labute approximate surface area is 145 Å². The van der Waals surface area contributed by atoms with E-state index in [1.54, 1.807) is 7.11 Å². The van der Waals surface area contributed by atoms with Gasteiger partial charge in [0.15, 0.2) is 0 Å². The highest BCUT2D eigenvalue weighted by Gasteiger charge is 2.24. The molecule has 1 saturated heterocycles. The lowest BCUT2D eigenvalue weighted by Crippen LogP contribution is -2.50. The molecule has 0 amide bonds. The second kappa shape index (κ2) is 9.18. The van der Waals surface area contributed by atoms with Crippen molar-refractivity contribution in [2.75, 3.05) is 53.0 Å². The van der Waals surface area contributed by atoms with E-state index in [-0.39, 0.29) is 0 Å². The number of hydrogen-bond acceptors (Lipinski definition) is 5. The van der Waals surface area contributed by atoms with Crippen LogP contribution in [0.4, 0.5) is 0 Å². The molecule has 1 aliphatic rings. The second-order valence-corrected chi connectivity index (χ2v) is 6.75. The second-order valence-electron chi connectivity index (χ2n) is 6.75. The Balaban J connectivity index is 1.75. The van der Waals surface area contributed by atoms with E-state index < -0.39 is 5.60 Å². The molecule has 5 heteroatoms. The first-order valence-corrected chi connectivity index (χ1v) is 8.53. The molecule has 1 aliphatic heterocycles. The minimum atomic E-state index is -0.738. The third-order valence-electron chi connectivity index (χ3n) is 4.11. The van der Waals surface area contributed by atoms with Crippen molar-refractivity contribution in [1.29, 1.82) is 0 Å². The number of nitrogens with one attached hydrogen (secondary N) is 1. The average molecular weight is 334 g/mol. The molecule has 1 heterocycles. The quantitative estimate of drug-likeness (QED) is 0.759. The van der Waals surface area contributed by atoms with Crippen LogP contribution in [0.15, 0.2) is 29.8 Å². The third kappa shape index (κ3) is 6.61. The number of ether oxygens (including phenoxy) is 2. The highest BCUT2D eigenvalue weighted by atomic mass is 16.5. The molecule has 0 bridgehead atoms. The zero-order chi connectivity index (χ0) is 17.4. The van der Waals surface area contributed by atoms with Crippen molar-refractivity contribution in [2.24, 2.45) is 0 Å². The maximum atomic E-state index is 10.5. The number of methoxy groups -OCH3 is 1. The Morgan fingerprint density at radius 1 is 1.33 bits per heavy atom. The van der Waals surface area contributed by atoms with Crippen LogP contribution in [0.5, 0.6) is 5.75 Å². The van der Waals surface area contributed by atoms with Crippen molar-refractivity contribution in [2.45, 2.75) is 19.4 Å². The van der Waals surface area contributed by atoms with Crippen LogP contribution < -0.4 is 10.1 Å². The van der Waals surface area contributed by atoms with E-state index in [4.69, 9.17) is 9.47 Å². The van der Waals surface area contributed by atoms with Gasteiger partial charge in [0.2, 0.25) is 0 Å². The van der Waals surface area contributed by atoms with Crippen LogP contribution >= 0.6 is 0 Å². The van der Waals surface area contributed by atoms with Gasteiger partial charge in [-0.15, -0.1) is 0 Å². The largest absolute Gasteiger partial charge is 0.497 e. The van der Waals surface area contributed by atoms with E-state index in [2.05, 4.69) is 23.2 Å². The zero-order valence-electron chi connectivity index (χ0n) is 15.0. The minimum Gasteiger partial charge on any atom is -0.497 e. The van der Waals surface area contributed by atoms with Gasteiger partial charge >= 0.3 is 0 Å². The zero-order valence-corrected chi connectivity index (χ0v) is 15.0. The van der Waals surface area contributed by atoms with Crippen LogP contribution in [0.25, 0.3) is 6.08 Å². The fourth-order valence-electron chi connectivity index (χ4n) is 2.86. The summed E-state index contributed by atoms with van der Waals surface area (Å²) in [6, 6.07) is 7.99. The summed E-state index contributed by atoms with van der Waals surface area (Å²) in [7, 11) is 1.67. The molecular formula is C19H30N2O3. The van der Waals surface area contributed by atoms with Gasteiger partial charge in [0.25, 0.3) is 0 Å². The number of morpholine rings is 1. The van der Waals surface area contributed by atoms with Crippen LogP contribution in [-0.4, -0.2) is 68.7 Å². The Morgan fingerprint density at radius 3 is 2.62 bits per heavy atom. The van der Waals surface area contributed by atoms with E-state index >= 15 is 0 Å². The highest BCUT2D eigenvalue weighted by Crippen LogP contribution is 2.14. The van der Waals surface area contributed by atoms with Crippen molar-refractivity contribution < 1.29 is 14.6 Å². The molecule has 0 aromatic heterocycles. The fraction of sp³-hybridized carbons (Fsp3) is 0.579. The van der Waals surface area contributed by atoms with Crippen molar-refractivity contribution in [3.8, 4) is 5.75 Å². The van der Waals surface area contributed by atoms with Crippen LogP contribution in [0.3, 0.4) is 0 Å². The topological polar surface area (TPSA) is 54.0 Å². The predicted molar refractivity (Wildman–Crippen MR) is 97.4 cm³/mol. The standard InChI is InChI=1S/C19H30N2O3/c1-16(12-17-4-6-18(23-3)7-5-17)13-20-14-19(2,22)15-21-8-10-24-11-9-21/h4-7,12,20,22H,8-11,13-15H2,1-3H3/b16-12-. The van der Waals surface area contributed by atoms with E-state index in [0.717, 1.165) is 44.2 Å². The number of rotatable bonds is 8. The van der Waals surface area contributed by atoms with Crippen LogP contribution in [0.2, 0.25) is 0 Å². The van der Waals surface area contributed by atoms with Gasteiger partial charge in [-0.2, -0.15) is 0 Å². The number of aliphatic hydroxyl groups is 1. The normalized spacial score (nSPS) is 19.1. The van der Waals surface area contributed by atoms with E-state index in [0.29, 0.717) is 13.1 Å². The third-order valence-corrected chi connectivity index (χ3v) is 4.11. The minimum absolute atomic E-state index is 0.568.